The second-order valence-electron chi connectivity index (χ2n) is 6.35. The van der Waals surface area contributed by atoms with E-state index in [1.165, 1.54) is 0 Å². The van der Waals surface area contributed by atoms with Crippen LogP contribution < -0.4 is 5.32 Å². The third-order valence-electron chi connectivity index (χ3n) is 4.76. The average Bonchev–Trinajstić information content (AvgIpc) is 3.23. The molecule has 4 nitrogen and oxygen atoms in total. The molecule has 0 aromatic carbocycles. The summed E-state index contributed by atoms with van der Waals surface area (Å²) in [4.78, 5) is 14.2. The molecule has 2 fully saturated rings. The van der Waals surface area contributed by atoms with Crippen molar-refractivity contribution in [1.29, 1.82) is 0 Å². The van der Waals surface area contributed by atoms with Gasteiger partial charge in [0.05, 0.1) is 0 Å². The summed E-state index contributed by atoms with van der Waals surface area (Å²) >= 11 is 0. The molecular formula is C15H28N2O2. The van der Waals surface area contributed by atoms with E-state index >= 15 is 0 Å². The molecule has 0 aromatic rings. The minimum atomic E-state index is -0.710. The fraction of sp³-hybridized carbons (Fsp3) is 0.933. The van der Waals surface area contributed by atoms with Crippen molar-refractivity contribution in [3.8, 4) is 0 Å². The summed E-state index contributed by atoms with van der Waals surface area (Å²) in [6.07, 6.45) is 6.55. The van der Waals surface area contributed by atoms with Gasteiger partial charge < -0.3 is 10.0 Å². The standard InChI is InChI=1S/C15H28N2O2/c1-4-13(5-2)17(3)10-15(14(18)19,11-6-7-11)16-12-8-9-12/h11-13,16H,4-10H2,1-3H3,(H,18,19). The minimum Gasteiger partial charge on any atom is -0.480 e. The van der Waals surface area contributed by atoms with Crippen LogP contribution in [0.1, 0.15) is 52.4 Å². The first-order valence-corrected chi connectivity index (χ1v) is 7.74. The van der Waals surface area contributed by atoms with Crippen LogP contribution in [-0.2, 0) is 4.79 Å². The third kappa shape index (κ3) is 3.29. The molecule has 0 heterocycles. The number of carboxylic acid groups (broad SMARTS) is 1. The Morgan fingerprint density at radius 2 is 1.89 bits per heavy atom. The summed E-state index contributed by atoms with van der Waals surface area (Å²) in [6, 6.07) is 0.922. The predicted octanol–water partition coefficient (Wildman–Crippen LogP) is 2.09. The van der Waals surface area contributed by atoms with E-state index in [0.29, 0.717) is 24.5 Å². The largest absolute Gasteiger partial charge is 0.480 e. The van der Waals surface area contributed by atoms with Gasteiger partial charge in [-0.15, -0.1) is 0 Å². The van der Waals surface area contributed by atoms with E-state index in [-0.39, 0.29) is 0 Å². The molecule has 0 bridgehead atoms. The van der Waals surface area contributed by atoms with Crippen molar-refractivity contribution in [3.63, 3.8) is 0 Å². The molecule has 110 valence electrons. The zero-order valence-corrected chi connectivity index (χ0v) is 12.5. The van der Waals surface area contributed by atoms with Gasteiger partial charge in [0.15, 0.2) is 0 Å². The molecule has 0 aliphatic heterocycles. The van der Waals surface area contributed by atoms with Crippen molar-refractivity contribution in [1.82, 2.24) is 10.2 Å². The lowest BCUT2D eigenvalue weighted by Gasteiger charge is -2.38. The molecule has 0 radical (unpaired) electrons. The van der Waals surface area contributed by atoms with Crippen LogP contribution in [0.4, 0.5) is 0 Å². The number of likely N-dealkylation sites (N-methyl/N-ethyl adjacent to an activating group) is 1. The summed E-state index contributed by atoms with van der Waals surface area (Å²) in [5.74, 6) is -0.331. The van der Waals surface area contributed by atoms with Gasteiger partial charge in [-0.2, -0.15) is 0 Å². The Morgan fingerprint density at radius 1 is 1.32 bits per heavy atom. The molecule has 0 spiro atoms. The molecule has 0 aromatic heterocycles. The highest BCUT2D eigenvalue weighted by Gasteiger charge is 2.53. The second-order valence-corrected chi connectivity index (χ2v) is 6.35. The van der Waals surface area contributed by atoms with Crippen LogP contribution in [0.3, 0.4) is 0 Å². The monoisotopic (exact) mass is 268 g/mol. The highest BCUT2D eigenvalue weighted by molar-refractivity contribution is 5.80. The molecule has 2 N–H and O–H groups in total. The lowest BCUT2D eigenvalue weighted by Crippen LogP contribution is -2.62. The van der Waals surface area contributed by atoms with Crippen LogP contribution in [0, 0.1) is 5.92 Å². The van der Waals surface area contributed by atoms with Gasteiger partial charge in [0.2, 0.25) is 0 Å². The zero-order valence-electron chi connectivity index (χ0n) is 12.5. The topological polar surface area (TPSA) is 52.6 Å². The van der Waals surface area contributed by atoms with E-state index in [1.54, 1.807) is 0 Å². The van der Waals surface area contributed by atoms with Gasteiger partial charge in [0.25, 0.3) is 0 Å². The number of hydrogen-bond acceptors (Lipinski definition) is 3. The Morgan fingerprint density at radius 3 is 2.26 bits per heavy atom. The van der Waals surface area contributed by atoms with Crippen LogP contribution in [0.25, 0.3) is 0 Å². The Balaban J connectivity index is 2.09. The van der Waals surface area contributed by atoms with E-state index in [9.17, 15) is 9.90 Å². The number of nitrogens with zero attached hydrogens (tertiary/aromatic N) is 1. The van der Waals surface area contributed by atoms with Crippen molar-refractivity contribution in [2.75, 3.05) is 13.6 Å². The van der Waals surface area contributed by atoms with Gasteiger partial charge in [-0.05, 0) is 51.5 Å². The summed E-state index contributed by atoms with van der Waals surface area (Å²) in [6.45, 7) is 4.99. The summed E-state index contributed by atoms with van der Waals surface area (Å²) in [7, 11) is 2.08. The molecule has 19 heavy (non-hydrogen) atoms. The van der Waals surface area contributed by atoms with Crippen molar-refractivity contribution in [2.24, 2.45) is 5.92 Å². The lowest BCUT2D eigenvalue weighted by atomic mass is 9.91. The second kappa shape index (κ2) is 5.80. The summed E-state index contributed by atoms with van der Waals surface area (Å²) in [5, 5.41) is 13.3. The van der Waals surface area contributed by atoms with Gasteiger partial charge in [-0.25, -0.2) is 0 Å². The zero-order chi connectivity index (χ0) is 14.0. The number of rotatable bonds is 9. The molecule has 2 aliphatic rings. The Kier molecular flexibility index (Phi) is 4.51. The first kappa shape index (κ1) is 14.8. The molecule has 1 unspecified atom stereocenters. The molecule has 2 rings (SSSR count). The average molecular weight is 268 g/mol. The van der Waals surface area contributed by atoms with Gasteiger partial charge in [0.1, 0.15) is 5.54 Å². The Hall–Kier alpha value is -0.610. The van der Waals surface area contributed by atoms with Gasteiger partial charge in [-0.1, -0.05) is 13.8 Å². The Bertz CT molecular complexity index is 322. The van der Waals surface area contributed by atoms with Crippen molar-refractivity contribution < 1.29 is 9.90 Å². The van der Waals surface area contributed by atoms with E-state index < -0.39 is 11.5 Å². The maximum Gasteiger partial charge on any atom is 0.325 e. The van der Waals surface area contributed by atoms with Gasteiger partial charge in [0, 0.05) is 18.6 Å². The van der Waals surface area contributed by atoms with Gasteiger partial charge >= 0.3 is 5.97 Å². The smallest absolute Gasteiger partial charge is 0.325 e. The molecule has 4 heteroatoms. The quantitative estimate of drug-likeness (QED) is 0.672. The highest BCUT2D eigenvalue weighted by Crippen LogP contribution is 2.42. The van der Waals surface area contributed by atoms with E-state index in [2.05, 4.69) is 31.1 Å². The van der Waals surface area contributed by atoms with E-state index in [4.69, 9.17) is 0 Å². The number of carbonyl (C=O) groups is 1. The molecule has 0 saturated heterocycles. The Labute approximate surface area is 116 Å². The van der Waals surface area contributed by atoms with Crippen molar-refractivity contribution >= 4 is 5.97 Å². The number of nitrogens with one attached hydrogen (secondary N) is 1. The predicted molar refractivity (Wildman–Crippen MR) is 76.2 cm³/mol. The van der Waals surface area contributed by atoms with E-state index in [0.717, 1.165) is 38.5 Å². The van der Waals surface area contributed by atoms with Gasteiger partial charge in [-0.3, -0.25) is 10.1 Å². The SMILES string of the molecule is CCC(CC)N(C)CC(NC1CC1)(C(=O)O)C1CC1. The molecular weight excluding hydrogens is 240 g/mol. The summed E-state index contributed by atoms with van der Waals surface area (Å²) in [5.41, 5.74) is -0.710. The van der Waals surface area contributed by atoms with Crippen LogP contribution in [0.5, 0.6) is 0 Å². The normalized spacial score (nSPS) is 22.8. The maximum atomic E-state index is 11.9. The number of aliphatic carboxylic acids is 1. The lowest BCUT2D eigenvalue weighted by molar-refractivity contribution is -0.147. The first-order valence-electron chi connectivity index (χ1n) is 7.74. The summed E-state index contributed by atoms with van der Waals surface area (Å²) < 4.78 is 0. The van der Waals surface area contributed by atoms with Crippen LogP contribution in [-0.4, -0.2) is 47.2 Å². The molecule has 2 saturated carbocycles. The first-order chi connectivity index (χ1) is 9.03. The fourth-order valence-electron chi connectivity index (χ4n) is 3.20. The van der Waals surface area contributed by atoms with Crippen LogP contribution in [0.2, 0.25) is 0 Å². The highest BCUT2D eigenvalue weighted by atomic mass is 16.4. The molecule has 1 atom stereocenters. The molecule has 2 aliphatic carbocycles. The maximum absolute atomic E-state index is 11.9. The van der Waals surface area contributed by atoms with Crippen LogP contribution in [0.15, 0.2) is 0 Å². The number of carboxylic acids is 1. The van der Waals surface area contributed by atoms with E-state index in [1.807, 2.05) is 0 Å². The van der Waals surface area contributed by atoms with Crippen molar-refractivity contribution in [3.05, 3.63) is 0 Å². The van der Waals surface area contributed by atoms with Crippen LogP contribution >= 0.6 is 0 Å². The fourth-order valence-corrected chi connectivity index (χ4v) is 3.20. The third-order valence-corrected chi connectivity index (χ3v) is 4.76. The molecule has 0 amide bonds. The minimum absolute atomic E-state index is 0.322. The number of hydrogen-bond donors (Lipinski definition) is 2. The van der Waals surface area contributed by atoms with Crippen molar-refractivity contribution in [2.45, 2.75) is 70.0 Å².